The summed E-state index contributed by atoms with van der Waals surface area (Å²) in [5.41, 5.74) is 6.54. The van der Waals surface area contributed by atoms with Crippen LogP contribution in [0.4, 0.5) is 0 Å². The number of hydrogen-bond donors (Lipinski definition) is 1. The molecule has 0 unspecified atom stereocenters. The van der Waals surface area contributed by atoms with Gasteiger partial charge in [-0.15, -0.1) is 10.2 Å². The topological polar surface area (TPSA) is 69.6 Å². The maximum atomic E-state index is 5.60. The van der Waals surface area contributed by atoms with E-state index in [1.165, 1.54) is 11.8 Å². The molecular formula is C9H11N5S. The number of hydrogen-bond acceptors (Lipinski definition) is 5. The first-order valence-electron chi connectivity index (χ1n) is 4.45. The van der Waals surface area contributed by atoms with Gasteiger partial charge in [0.25, 0.3) is 0 Å². The molecule has 0 amide bonds. The number of aromatic nitrogens is 4. The van der Waals surface area contributed by atoms with Crippen LogP contribution < -0.4 is 5.73 Å². The molecule has 0 radical (unpaired) electrons. The second kappa shape index (κ2) is 4.41. The second-order valence-corrected chi connectivity index (χ2v) is 3.63. The molecule has 0 aliphatic heterocycles. The van der Waals surface area contributed by atoms with Gasteiger partial charge >= 0.3 is 0 Å². The Labute approximate surface area is 91.7 Å². The van der Waals surface area contributed by atoms with Crippen LogP contribution in [0, 0.1) is 0 Å². The van der Waals surface area contributed by atoms with Crippen molar-refractivity contribution in [3.63, 3.8) is 0 Å². The van der Waals surface area contributed by atoms with Gasteiger partial charge in [0, 0.05) is 6.20 Å². The van der Waals surface area contributed by atoms with Gasteiger partial charge in [-0.05, 0) is 18.4 Å². The SMILES string of the molecule is CSc1nnc(CN)n1-c1cccnc1. The van der Waals surface area contributed by atoms with Crippen LogP contribution in [0.25, 0.3) is 5.69 Å². The first-order valence-corrected chi connectivity index (χ1v) is 5.68. The molecule has 0 aromatic carbocycles. The Morgan fingerprint density at radius 1 is 1.47 bits per heavy atom. The molecule has 0 fully saturated rings. The summed E-state index contributed by atoms with van der Waals surface area (Å²) < 4.78 is 1.91. The molecule has 0 atom stereocenters. The largest absolute Gasteiger partial charge is 0.324 e. The van der Waals surface area contributed by atoms with Gasteiger partial charge < -0.3 is 5.73 Å². The number of rotatable bonds is 3. The molecule has 0 saturated carbocycles. The molecule has 78 valence electrons. The monoisotopic (exact) mass is 221 g/mol. The van der Waals surface area contributed by atoms with Crippen molar-refractivity contribution in [2.45, 2.75) is 11.7 Å². The Bertz CT molecular complexity index is 418. The van der Waals surface area contributed by atoms with E-state index < -0.39 is 0 Å². The molecule has 0 spiro atoms. The van der Waals surface area contributed by atoms with Gasteiger partial charge in [0.15, 0.2) is 11.0 Å². The summed E-state index contributed by atoms with van der Waals surface area (Å²) in [6.45, 7) is 0.364. The third-order valence-corrected chi connectivity index (χ3v) is 2.60. The number of pyridine rings is 1. The van der Waals surface area contributed by atoms with Gasteiger partial charge in [-0.3, -0.25) is 9.55 Å². The lowest BCUT2D eigenvalue weighted by atomic mass is 10.4. The zero-order chi connectivity index (χ0) is 10.7. The summed E-state index contributed by atoms with van der Waals surface area (Å²) in [7, 11) is 0. The van der Waals surface area contributed by atoms with Crippen LogP contribution in [0.3, 0.4) is 0 Å². The van der Waals surface area contributed by atoms with E-state index in [9.17, 15) is 0 Å². The van der Waals surface area contributed by atoms with Crippen molar-refractivity contribution in [3.8, 4) is 5.69 Å². The van der Waals surface area contributed by atoms with Gasteiger partial charge in [0.05, 0.1) is 18.4 Å². The quantitative estimate of drug-likeness (QED) is 0.778. The highest BCUT2D eigenvalue weighted by Crippen LogP contribution is 2.18. The molecule has 5 nitrogen and oxygen atoms in total. The Morgan fingerprint density at radius 3 is 2.93 bits per heavy atom. The fourth-order valence-electron chi connectivity index (χ4n) is 1.31. The standard InChI is InChI=1S/C9H11N5S/c1-15-9-13-12-8(5-10)14(9)7-3-2-4-11-6-7/h2-4,6H,5,10H2,1H3. The maximum absolute atomic E-state index is 5.60. The highest BCUT2D eigenvalue weighted by molar-refractivity contribution is 7.98. The minimum Gasteiger partial charge on any atom is -0.324 e. The van der Waals surface area contributed by atoms with Crippen molar-refractivity contribution in [3.05, 3.63) is 30.4 Å². The highest BCUT2D eigenvalue weighted by atomic mass is 32.2. The smallest absolute Gasteiger partial charge is 0.195 e. The summed E-state index contributed by atoms with van der Waals surface area (Å²) in [5, 5.41) is 8.89. The van der Waals surface area contributed by atoms with Crippen molar-refractivity contribution in [1.29, 1.82) is 0 Å². The summed E-state index contributed by atoms with van der Waals surface area (Å²) in [6.07, 6.45) is 5.45. The van der Waals surface area contributed by atoms with Crippen molar-refractivity contribution < 1.29 is 0 Å². The van der Waals surface area contributed by atoms with Crippen LogP contribution in [-0.4, -0.2) is 26.0 Å². The van der Waals surface area contributed by atoms with Crippen molar-refractivity contribution in [1.82, 2.24) is 19.7 Å². The van der Waals surface area contributed by atoms with Gasteiger partial charge in [0.1, 0.15) is 0 Å². The van der Waals surface area contributed by atoms with Gasteiger partial charge in [-0.2, -0.15) is 0 Å². The zero-order valence-corrected chi connectivity index (χ0v) is 9.11. The van der Waals surface area contributed by atoms with E-state index in [4.69, 9.17) is 5.73 Å². The van der Waals surface area contributed by atoms with E-state index in [0.717, 1.165) is 16.7 Å². The molecule has 15 heavy (non-hydrogen) atoms. The average molecular weight is 221 g/mol. The summed E-state index contributed by atoms with van der Waals surface area (Å²) in [6, 6.07) is 3.83. The fourth-order valence-corrected chi connectivity index (χ4v) is 1.83. The molecule has 2 N–H and O–H groups in total. The third kappa shape index (κ3) is 1.86. The van der Waals surface area contributed by atoms with E-state index in [0.29, 0.717) is 6.54 Å². The van der Waals surface area contributed by atoms with Crippen LogP contribution in [0.15, 0.2) is 29.7 Å². The first kappa shape index (κ1) is 10.1. The van der Waals surface area contributed by atoms with E-state index in [2.05, 4.69) is 15.2 Å². The highest BCUT2D eigenvalue weighted by Gasteiger charge is 2.11. The minimum absolute atomic E-state index is 0.364. The fraction of sp³-hybridized carbons (Fsp3) is 0.222. The minimum atomic E-state index is 0.364. The average Bonchev–Trinajstić information content (AvgIpc) is 2.72. The predicted molar refractivity (Wildman–Crippen MR) is 58.8 cm³/mol. The van der Waals surface area contributed by atoms with Crippen molar-refractivity contribution in [2.24, 2.45) is 5.73 Å². The number of nitrogens with two attached hydrogens (primary N) is 1. The molecule has 2 heterocycles. The summed E-state index contributed by atoms with van der Waals surface area (Å²) in [5.74, 6) is 0.743. The van der Waals surface area contributed by atoms with Crippen molar-refractivity contribution in [2.75, 3.05) is 6.26 Å². The molecule has 0 aliphatic rings. The molecule has 0 bridgehead atoms. The maximum Gasteiger partial charge on any atom is 0.195 e. The molecule has 6 heteroatoms. The summed E-state index contributed by atoms with van der Waals surface area (Å²) in [4.78, 5) is 4.06. The lowest BCUT2D eigenvalue weighted by molar-refractivity contribution is 0.820. The lowest BCUT2D eigenvalue weighted by Gasteiger charge is -2.06. The van der Waals surface area contributed by atoms with Crippen LogP contribution in [0.5, 0.6) is 0 Å². The van der Waals surface area contributed by atoms with E-state index in [-0.39, 0.29) is 0 Å². The number of nitrogens with zero attached hydrogens (tertiary/aromatic N) is 4. The molecule has 2 rings (SSSR count). The van der Waals surface area contributed by atoms with E-state index >= 15 is 0 Å². The number of thioether (sulfide) groups is 1. The molecule has 0 saturated heterocycles. The van der Waals surface area contributed by atoms with Gasteiger partial charge in [-0.25, -0.2) is 0 Å². The van der Waals surface area contributed by atoms with E-state index in [1.807, 2.05) is 23.0 Å². The Morgan fingerprint density at radius 2 is 2.33 bits per heavy atom. The van der Waals surface area contributed by atoms with Crippen molar-refractivity contribution >= 4 is 11.8 Å². The summed E-state index contributed by atoms with van der Waals surface area (Å²) >= 11 is 1.53. The van der Waals surface area contributed by atoms with E-state index in [1.54, 1.807) is 12.4 Å². The Kier molecular flexibility index (Phi) is 2.98. The Balaban J connectivity index is 2.55. The van der Waals surface area contributed by atoms with Crippen LogP contribution in [0.1, 0.15) is 5.82 Å². The molecule has 0 aliphatic carbocycles. The zero-order valence-electron chi connectivity index (χ0n) is 8.29. The third-order valence-electron chi connectivity index (χ3n) is 1.97. The van der Waals surface area contributed by atoms with Crippen LogP contribution in [-0.2, 0) is 6.54 Å². The molecular weight excluding hydrogens is 210 g/mol. The molecule has 2 aromatic heterocycles. The first-order chi connectivity index (χ1) is 7.36. The Hall–Kier alpha value is -1.40. The molecule has 2 aromatic rings. The normalized spacial score (nSPS) is 10.5. The predicted octanol–water partition coefficient (Wildman–Crippen LogP) is 0.843. The lowest BCUT2D eigenvalue weighted by Crippen LogP contribution is -2.07. The van der Waals surface area contributed by atoms with Crippen LogP contribution >= 0.6 is 11.8 Å². The van der Waals surface area contributed by atoms with Gasteiger partial charge in [0.2, 0.25) is 0 Å². The second-order valence-electron chi connectivity index (χ2n) is 2.85. The van der Waals surface area contributed by atoms with Gasteiger partial charge in [-0.1, -0.05) is 11.8 Å². The van der Waals surface area contributed by atoms with Crippen LogP contribution in [0.2, 0.25) is 0 Å².